The van der Waals surface area contributed by atoms with Crippen molar-refractivity contribution in [2.75, 3.05) is 0 Å². The number of nitrogens with two attached hydrogens (primary N) is 1. The van der Waals surface area contributed by atoms with E-state index in [4.69, 9.17) is 5.73 Å². The van der Waals surface area contributed by atoms with Gasteiger partial charge in [0.25, 0.3) is 5.91 Å². The van der Waals surface area contributed by atoms with Crippen LogP contribution >= 0.6 is 11.3 Å². The molecular formula is C23H25N5O4S. The lowest BCUT2D eigenvalue weighted by molar-refractivity contribution is -0.130. The minimum atomic E-state index is -1.23. The minimum Gasteiger partial charge on any atom is -0.370 e. The standard InChI is InChI=1S/C23H25N5O4S/c1-13(21(30)25-11-16-8-5-7-15-6-3-4-9-17(15)16)26-22(31)18(10-20(24)29)28-23(32)19-12-33-14(2)27-19/h3-9,12-13,18H,10-11H2,1-2H3,(H2,24,29)(H,25,30)(H,26,31)(H,28,32). The number of fused-ring (bicyclic) bond motifs is 1. The van der Waals surface area contributed by atoms with E-state index in [1.165, 1.54) is 18.3 Å². The number of nitrogens with one attached hydrogen (secondary N) is 3. The monoisotopic (exact) mass is 467 g/mol. The second kappa shape index (κ2) is 10.7. The van der Waals surface area contributed by atoms with E-state index in [-0.39, 0.29) is 12.2 Å². The Hall–Kier alpha value is -3.79. The van der Waals surface area contributed by atoms with Gasteiger partial charge in [-0.15, -0.1) is 11.3 Å². The SMILES string of the molecule is Cc1nc(C(=O)NC(CC(N)=O)C(=O)NC(C)C(=O)NCc2cccc3ccccc23)cs1. The predicted octanol–water partition coefficient (Wildman–Crippen LogP) is 1.40. The number of amides is 4. The second-order valence-electron chi connectivity index (χ2n) is 7.53. The quantitative estimate of drug-likeness (QED) is 0.376. The fourth-order valence-electron chi connectivity index (χ4n) is 3.27. The van der Waals surface area contributed by atoms with Gasteiger partial charge >= 0.3 is 0 Å². The van der Waals surface area contributed by atoms with Crippen molar-refractivity contribution in [3.05, 3.63) is 64.1 Å². The van der Waals surface area contributed by atoms with Gasteiger partial charge in [0.05, 0.1) is 11.4 Å². The van der Waals surface area contributed by atoms with Crippen LogP contribution in [0.4, 0.5) is 0 Å². The van der Waals surface area contributed by atoms with E-state index in [0.29, 0.717) is 5.01 Å². The average Bonchev–Trinajstić information content (AvgIpc) is 3.23. The van der Waals surface area contributed by atoms with Crippen LogP contribution in [0.25, 0.3) is 10.8 Å². The Kier molecular flexibility index (Phi) is 7.73. The van der Waals surface area contributed by atoms with Crippen molar-refractivity contribution in [3.63, 3.8) is 0 Å². The minimum absolute atomic E-state index is 0.139. The molecule has 5 N–H and O–H groups in total. The number of carbonyl (C=O) groups excluding carboxylic acids is 4. The molecule has 9 nitrogen and oxygen atoms in total. The molecule has 0 aliphatic rings. The summed E-state index contributed by atoms with van der Waals surface area (Å²) in [7, 11) is 0. The van der Waals surface area contributed by atoms with Crippen molar-refractivity contribution in [3.8, 4) is 0 Å². The average molecular weight is 468 g/mol. The highest BCUT2D eigenvalue weighted by atomic mass is 32.1. The zero-order valence-electron chi connectivity index (χ0n) is 18.3. The third kappa shape index (κ3) is 6.36. The highest BCUT2D eigenvalue weighted by Crippen LogP contribution is 2.18. The maximum absolute atomic E-state index is 12.7. The Morgan fingerprint density at radius 1 is 1.03 bits per heavy atom. The Labute approximate surface area is 194 Å². The summed E-state index contributed by atoms with van der Waals surface area (Å²) in [6.45, 7) is 3.54. The molecule has 2 unspecified atom stereocenters. The lowest BCUT2D eigenvalue weighted by Crippen LogP contribution is -2.53. The van der Waals surface area contributed by atoms with Crippen LogP contribution in [0.1, 0.15) is 34.4 Å². The van der Waals surface area contributed by atoms with Gasteiger partial charge in [-0.25, -0.2) is 4.98 Å². The van der Waals surface area contributed by atoms with Gasteiger partial charge in [0.2, 0.25) is 17.7 Å². The maximum Gasteiger partial charge on any atom is 0.271 e. The number of hydrogen-bond donors (Lipinski definition) is 4. The number of aromatic nitrogens is 1. The number of rotatable bonds is 9. The number of hydrogen-bond acceptors (Lipinski definition) is 6. The molecule has 0 spiro atoms. The molecule has 0 aliphatic heterocycles. The number of thiazole rings is 1. The van der Waals surface area contributed by atoms with E-state index in [9.17, 15) is 19.2 Å². The first-order valence-corrected chi connectivity index (χ1v) is 11.2. The molecule has 3 rings (SSSR count). The largest absolute Gasteiger partial charge is 0.370 e. The highest BCUT2D eigenvalue weighted by molar-refractivity contribution is 7.09. The van der Waals surface area contributed by atoms with Crippen molar-refractivity contribution < 1.29 is 19.2 Å². The van der Waals surface area contributed by atoms with E-state index < -0.39 is 42.1 Å². The molecule has 0 radical (unpaired) electrons. The smallest absolute Gasteiger partial charge is 0.271 e. The lowest BCUT2D eigenvalue weighted by atomic mass is 10.0. The first kappa shape index (κ1) is 23.9. The zero-order chi connectivity index (χ0) is 24.0. The number of aryl methyl sites for hydroxylation is 1. The molecule has 2 aromatic carbocycles. The highest BCUT2D eigenvalue weighted by Gasteiger charge is 2.27. The Morgan fingerprint density at radius 2 is 1.76 bits per heavy atom. The summed E-state index contributed by atoms with van der Waals surface area (Å²) in [4.78, 5) is 53.1. The number of carbonyl (C=O) groups is 4. The molecule has 4 amide bonds. The molecule has 10 heteroatoms. The van der Waals surface area contributed by atoms with Crippen LogP contribution in [0.3, 0.4) is 0 Å². The summed E-state index contributed by atoms with van der Waals surface area (Å²) >= 11 is 1.28. The summed E-state index contributed by atoms with van der Waals surface area (Å²) in [5, 5.41) is 12.1. The molecular weight excluding hydrogens is 442 g/mol. The molecule has 0 fully saturated rings. The molecule has 3 aromatic rings. The van der Waals surface area contributed by atoms with Crippen molar-refractivity contribution in [1.29, 1.82) is 0 Å². The summed E-state index contributed by atoms with van der Waals surface area (Å²) in [5.41, 5.74) is 6.32. The van der Waals surface area contributed by atoms with E-state index in [1.54, 1.807) is 12.3 Å². The maximum atomic E-state index is 12.7. The van der Waals surface area contributed by atoms with Gasteiger partial charge in [0.1, 0.15) is 17.8 Å². The van der Waals surface area contributed by atoms with Crippen LogP contribution < -0.4 is 21.7 Å². The van der Waals surface area contributed by atoms with Gasteiger partial charge in [0.15, 0.2) is 0 Å². The summed E-state index contributed by atoms with van der Waals surface area (Å²) in [5.74, 6) is -2.47. The summed E-state index contributed by atoms with van der Waals surface area (Å²) in [6.07, 6.45) is -0.412. The molecule has 2 atom stereocenters. The van der Waals surface area contributed by atoms with Gasteiger partial charge in [-0.05, 0) is 30.2 Å². The van der Waals surface area contributed by atoms with Crippen molar-refractivity contribution in [1.82, 2.24) is 20.9 Å². The van der Waals surface area contributed by atoms with Crippen LogP contribution in [-0.4, -0.2) is 40.7 Å². The van der Waals surface area contributed by atoms with Crippen LogP contribution in [0.5, 0.6) is 0 Å². The number of nitrogens with zero attached hydrogens (tertiary/aromatic N) is 1. The Bertz CT molecular complexity index is 1190. The van der Waals surface area contributed by atoms with Crippen molar-refractivity contribution in [2.24, 2.45) is 5.73 Å². The molecule has 172 valence electrons. The van der Waals surface area contributed by atoms with Gasteiger partial charge in [-0.3, -0.25) is 19.2 Å². The summed E-state index contributed by atoms with van der Waals surface area (Å²) < 4.78 is 0. The molecule has 0 saturated carbocycles. The summed E-state index contributed by atoms with van der Waals surface area (Å²) in [6, 6.07) is 11.5. The lowest BCUT2D eigenvalue weighted by Gasteiger charge is -2.20. The van der Waals surface area contributed by atoms with Gasteiger partial charge in [0, 0.05) is 11.9 Å². The number of benzene rings is 2. The number of primary amides is 1. The van der Waals surface area contributed by atoms with E-state index in [2.05, 4.69) is 20.9 Å². The topological polar surface area (TPSA) is 143 Å². The van der Waals surface area contributed by atoms with E-state index >= 15 is 0 Å². The van der Waals surface area contributed by atoms with Crippen LogP contribution in [0.2, 0.25) is 0 Å². The van der Waals surface area contributed by atoms with Gasteiger partial charge in [-0.2, -0.15) is 0 Å². The predicted molar refractivity (Wildman–Crippen MR) is 125 cm³/mol. The molecule has 1 aromatic heterocycles. The third-order valence-corrected chi connectivity index (χ3v) is 5.74. The Morgan fingerprint density at radius 3 is 2.45 bits per heavy atom. The normalized spacial score (nSPS) is 12.5. The molecule has 1 heterocycles. The molecule has 0 bridgehead atoms. The fraction of sp³-hybridized carbons (Fsp3) is 0.261. The van der Waals surface area contributed by atoms with Crippen LogP contribution in [0, 0.1) is 6.92 Å². The Balaban J connectivity index is 1.60. The van der Waals surface area contributed by atoms with Gasteiger partial charge in [-0.1, -0.05) is 42.5 Å². The van der Waals surface area contributed by atoms with Crippen LogP contribution in [-0.2, 0) is 20.9 Å². The second-order valence-corrected chi connectivity index (χ2v) is 8.60. The van der Waals surface area contributed by atoms with Crippen molar-refractivity contribution in [2.45, 2.75) is 38.9 Å². The first-order chi connectivity index (χ1) is 15.7. The molecule has 0 aliphatic carbocycles. The van der Waals surface area contributed by atoms with Gasteiger partial charge < -0.3 is 21.7 Å². The fourth-order valence-corrected chi connectivity index (χ4v) is 3.86. The molecule has 33 heavy (non-hydrogen) atoms. The van der Waals surface area contributed by atoms with E-state index in [1.807, 2.05) is 42.5 Å². The molecule has 0 saturated heterocycles. The van der Waals surface area contributed by atoms with Crippen LogP contribution in [0.15, 0.2) is 47.8 Å². The first-order valence-electron chi connectivity index (χ1n) is 10.3. The van der Waals surface area contributed by atoms with Crippen molar-refractivity contribution >= 4 is 45.7 Å². The van der Waals surface area contributed by atoms with E-state index in [0.717, 1.165) is 16.3 Å². The third-order valence-electron chi connectivity index (χ3n) is 4.96. The zero-order valence-corrected chi connectivity index (χ0v) is 19.1.